The molecule has 0 spiro atoms. The molecule has 0 aliphatic rings. The third kappa shape index (κ3) is 10.7. The highest BCUT2D eigenvalue weighted by molar-refractivity contribution is 6.02. The number of nitrogens with zero attached hydrogens (tertiary/aromatic N) is 2. The SMILES string of the molecule is C=CCCN(C)c1nc(C(=O)NNC(=O)C(CCC=C)(OCc2ccccc2)C(F)(F)F)c(NC(=O)OC(C)(C)C)cc1C(F)(F)F. The summed E-state index contributed by atoms with van der Waals surface area (Å²) in [6.45, 7) is 10.7. The predicted molar refractivity (Wildman–Crippen MR) is 162 cm³/mol. The van der Waals surface area contributed by atoms with Crippen molar-refractivity contribution in [1.29, 1.82) is 0 Å². The van der Waals surface area contributed by atoms with Crippen LogP contribution in [-0.4, -0.2) is 53.9 Å². The van der Waals surface area contributed by atoms with Crippen molar-refractivity contribution in [1.82, 2.24) is 15.8 Å². The summed E-state index contributed by atoms with van der Waals surface area (Å²) in [5.74, 6) is -4.03. The predicted octanol–water partition coefficient (Wildman–Crippen LogP) is 6.70. The lowest BCUT2D eigenvalue weighted by Gasteiger charge is -2.34. The van der Waals surface area contributed by atoms with Gasteiger partial charge in [-0.3, -0.25) is 25.8 Å². The number of nitrogens with one attached hydrogen (secondary N) is 3. The molecule has 47 heavy (non-hydrogen) atoms. The van der Waals surface area contributed by atoms with Crippen molar-refractivity contribution in [3.8, 4) is 0 Å². The average Bonchev–Trinajstić information content (AvgIpc) is 2.96. The van der Waals surface area contributed by atoms with Crippen LogP contribution in [0.3, 0.4) is 0 Å². The highest BCUT2D eigenvalue weighted by Gasteiger charge is 2.61. The summed E-state index contributed by atoms with van der Waals surface area (Å²) in [5, 5.41) is 2.03. The summed E-state index contributed by atoms with van der Waals surface area (Å²) in [6, 6.07) is 8.13. The van der Waals surface area contributed by atoms with Gasteiger partial charge < -0.3 is 14.4 Å². The second-order valence-electron chi connectivity index (χ2n) is 11.2. The summed E-state index contributed by atoms with van der Waals surface area (Å²) in [4.78, 5) is 43.9. The van der Waals surface area contributed by atoms with Crippen molar-refractivity contribution in [2.45, 2.75) is 70.2 Å². The van der Waals surface area contributed by atoms with E-state index in [-0.39, 0.29) is 19.4 Å². The van der Waals surface area contributed by atoms with Crippen molar-refractivity contribution < 1.29 is 50.2 Å². The Hall–Kier alpha value is -4.60. The number of anilines is 2. The van der Waals surface area contributed by atoms with Crippen LogP contribution in [0.25, 0.3) is 0 Å². The van der Waals surface area contributed by atoms with Crippen molar-refractivity contribution in [3.63, 3.8) is 0 Å². The van der Waals surface area contributed by atoms with E-state index in [1.165, 1.54) is 46.0 Å². The smallest absolute Gasteiger partial charge is 0.426 e. The van der Waals surface area contributed by atoms with Gasteiger partial charge in [0.25, 0.3) is 11.8 Å². The molecule has 258 valence electrons. The van der Waals surface area contributed by atoms with Gasteiger partial charge in [0.2, 0.25) is 5.60 Å². The number of benzene rings is 1. The van der Waals surface area contributed by atoms with Crippen molar-refractivity contribution in [2.24, 2.45) is 0 Å². The Morgan fingerprint density at radius 1 is 0.957 bits per heavy atom. The molecule has 0 radical (unpaired) electrons. The molecular formula is C31H37F6N5O5. The minimum Gasteiger partial charge on any atom is -0.444 e. The number of pyridine rings is 1. The van der Waals surface area contributed by atoms with Crippen LogP contribution in [0.5, 0.6) is 0 Å². The number of hydrogen-bond acceptors (Lipinski definition) is 7. The van der Waals surface area contributed by atoms with Crippen molar-refractivity contribution in [3.05, 3.63) is 78.5 Å². The van der Waals surface area contributed by atoms with E-state index < -0.39 is 77.3 Å². The Morgan fingerprint density at radius 3 is 2.11 bits per heavy atom. The number of amides is 3. The zero-order valence-electron chi connectivity index (χ0n) is 26.3. The van der Waals surface area contributed by atoms with Crippen LogP contribution in [0.4, 0.5) is 42.6 Å². The minimum absolute atomic E-state index is 0.0215. The molecular weight excluding hydrogens is 636 g/mol. The molecule has 16 heteroatoms. The molecule has 0 aliphatic carbocycles. The van der Waals surface area contributed by atoms with E-state index in [9.17, 15) is 40.7 Å². The number of alkyl halides is 6. The largest absolute Gasteiger partial charge is 0.444 e. The number of rotatable bonds is 13. The fourth-order valence-electron chi connectivity index (χ4n) is 4.04. The van der Waals surface area contributed by atoms with E-state index >= 15 is 0 Å². The van der Waals surface area contributed by atoms with Crippen LogP contribution in [0, 0.1) is 0 Å². The van der Waals surface area contributed by atoms with Gasteiger partial charge in [0, 0.05) is 13.6 Å². The fraction of sp³-hybridized carbons (Fsp3) is 0.419. The zero-order valence-corrected chi connectivity index (χ0v) is 26.3. The number of halogens is 6. The molecule has 3 N–H and O–H groups in total. The maximum Gasteiger partial charge on any atom is 0.426 e. The molecule has 1 atom stereocenters. The van der Waals surface area contributed by atoms with Gasteiger partial charge in [0.1, 0.15) is 17.0 Å². The fourth-order valence-corrected chi connectivity index (χ4v) is 4.04. The number of carbonyl (C=O) groups is 3. The van der Waals surface area contributed by atoms with Crippen LogP contribution < -0.4 is 21.1 Å². The standard InChI is InChI=1S/C31H37F6N5O5/c1-7-9-16-29(31(35,36)37,46-19-20-14-12-11-13-15-20)26(44)41-40-25(43)23-22(38-27(45)47-28(3,4)5)18-21(30(32,33)34)24(39-23)42(6)17-10-8-2/h7-8,11-15,18H,1-2,9-10,16-17,19H2,3-6H3,(H,38,45)(H,40,43)(H,41,44). The first-order chi connectivity index (χ1) is 21.8. The molecule has 2 aromatic rings. The molecule has 10 nitrogen and oxygen atoms in total. The van der Waals surface area contributed by atoms with Crippen LogP contribution in [-0.2, 0) is 27.1 Å². The van der Waals surface area contributed by atoms with E-state index in [2.05, 4.69) is 18.1 Å². The van der Waals surface area contributed by atoms with Gasteiger partial charge in [-0.1, -0.05) is 42.5 Å². The van der Waals surface area contributed by atoms with Crippen molar-refractivity contribution >= 4 is 29.4 Å². The first-order valence-electron chi connectivity index (χ1n) is 14.2. The lowest BCUT2D eigenvalue weighted by Crippen LogP contribution is -2.61. The molecule has 0 bridgehead atoms. The van der Waals surface area contributed by atoms with Crippen LogP contribution >= 0.6 is 0 Å². The van der Waals surface area contributed by atoms with Gasteiger partial charge in [-0.25, -0.2) is 9.78 Å². The van der Waals surface area contributed by atoms with Crippen LogP contribution in [0.15, 0.2) is 61.7 Å². The van der Waals surface area contributed by atoms with Gasteiger partial charge in [-0.15, -0.1) is 13.2 Å². The molecule has 1 aromatic heterocycles. The average molecular weight is 674 g/mol. The quantitative estimate of drug-likeness (QED) is 0.123. The van der Waals surface area contributed by atoms with Crippen molar-refractivity contribution in [2.75, 3.05) is 23.8 Å². The molecule has 0 saturated carbocycles. The first-order valence-corrected chi connectivity index (χ1v) is 14.2. The second-order valence-corrected chi connectivity index (χ2v) is 11.2. The molecule has 3 amide bonds. The number of ether oxygens (including phenoxy) is 2. The van der Waals surface area contributed by atoms with E-state index in [1.54, 1.807) is 29.1 Å². The van der Waals surface area contributed by atoms with E-state index in [4.69, 9.17) is 9.47 Å². The maximum atomic E-state index is 14.5. The first kappa shape index (κ1) is 38.6. The van der Waals surface area contributed by atoms with E-state index in [0.717, 1.165) is 11.0 Å². The lowest BCUT2D eigenvalue weighted by molar-refractivity contribution is -0.273. The Morgan fingerprint density at radius 2 is 1.57 bits per heavy atom. The lowest BCUT2D eigenvalue weighted by atomic mass is 9.95. The third-order valence-corrected chi connectivity index (χ3v) is 6.33. The second kappa shape index (κ2) is 15.8. The molecule has 2 rings (SSSR count). The summed E-state index contributed by atoms with van der Waals surface area (Å²) >= 11 is 0. The molecule has 1 unspecified atom stereocenters. The Labute approximate surface area is 268 Å². The van der Waals surface area contributed by atoms with Gasteiger partial charge in [0.05, 0.1) is 12.3 Å². The molecule has 1 heterocycles. The Balaban J connectivity index is 2.56. The number of hydrogen-bond donors (Lipinski definition) is 3. The number of hydrazine groups is 1. The highest BCUT2D eigenvalue weighted by atomic mass is 19.4. The monoisotopic (exact) mass is 673 g/mol. The normalized spacial score (nSPS) is 13.1. The van der Waals surface area contributed by atoms with Gasteiger partial charge in [-0.05, 0) is 51.7 Å². The highest BCUT2D eigenvalue weighted by Crippen LogP contribution is 2.40. The van der Waals surface area contributed by atoms with E-state index in [1.807, 2.05) is 5.32 Å². The molecule has 0 aliphatic heterocycles. The van der Waals surface area contributed by atoms with Crippen LogP contribution in [0.2, 0.25) is 0 Å². The Kier molecular flexibility index (Phi) is 13.0. The summed E-state index contributed by atoms with van der Waals surface area (Å²) < 4.78 is 96.2. The number of carbonyl (C=O) groups excluding carboxylic acids is 3. The van der Waals surface area contributed by atoms with Gasteiger partial charge in [0.15, 0.2) is 5.69 Å². The number of allylic oxidation sites excluding steroid dienone is 1. The Bertz CT molecular complexity index is 1430. The zero-order chi connectivity index (χ0) is 35.6. The topological polar surface area (TPSA) is 122 Å². The van der Waals surface area contributed by atoms with Crippen LogP contribution in [0.1, 0.15) is 61.6 Å². The minimum atomic E-state index is -5.29. The van der Waals surface area contributed by atoms with Gasteiger partial charge in [-0.2, -0.15) is 26.3 Å². The van der Waals surface area contributed by atoms with E-state index in [0.29, 0.717) is 11.6 Å². The summed E-state index contributed by atoms with van der Waals surface area (Å²) in [6.07, 6.45) is -10.0. The summed E-state index contributed by atoms with van der Waals surface area (Å²) in [5.41, 5.74) is -3.85. The molecule has 1 aromatic carbocycles. The third-order valence-electron chi connectivity index (χ3n) is 6.33. The number of aromatic nitrogens is 1. The molecule has 0 saturated heterocycles. The maximum absolute atomic E-state index is 14.5. The van der Waals surface area contributed by atoms with Gasteiger partial charge >= 0.3 is 18.4 Å². The summed E-state index contributed by atoms with van der Waals surface area (Å²) in [7, 11) is 1.26. The molecule has 0 fully saturated rings.